The Bertz CT molecular complexity index is 2630. The van der Waals surface area contributed by atoms with Crippen LogP contribution in [0.15, 0.2) is 24.3 Å². The van der Waals surface area contributed by atoms with E-state index in [1.54, 1.807) is 34.6 Å². The standard InChI is InChI=1S/C69H119N11O11/c1-26-51-65(87)74(19)38-56(81)75(20)52(34-39(2)3)62(84)73-57(43(10)11)68(90)76(21)53(35-40(4)5)61(83)70-48(17)60(82)71-49(18)64(86)77(22)54(36-41(6)7)66(88)78(23)55(37-42(8)9)67(89)79(24)58(44(12)13)69(91)80(25)59(63(85)72-51)47(16)46(15)28-27-29-50-32-30-45(14)31-33-50/h30-33,39-44,46-49,51-55,57-59H,26-29,34-38H2,1-25H3,(H,70,83)(H,71,82)(H,72,85)(H,73,84)/t46-,47-,48+,49-,51+,52+,53+,54+,55+,57+,58+,59+/m1/s1. The van der Waals surface area contributed by atoms with Gasteiger partial charge in [0, 0.05) is 49.3 Å². The molecule has 1 fully saturated rings. The third kappa shape index (κ3) is 22.9. The monoisotopic (exact) mass is 1280 g/mol. The van der Waals surface area contributed by atoms with E-state index in [0.29, 0.717) is 6.42 Å². The maximum absolute atomic E-state index is 15.5. The van der Waals surface area contributed by atoms with Crippen LogP contribution in [0.4, 0.5) is 0 Å². The molecule has 4 N–H and O–H groups in total. The average Bonchev–Trinajstić information content (AvgIpc) is 0.937. The molecule has 1 aliphatic rings. The van der Waals surface area contributed by atoms with Crippen LogP contribution in [0, 0.1) is 54.3 Å². The first kappa shape index (κ1) is 80.5. The minimum atomic E-state index is -1.22. The molecule has 0 saturated carbocycles. The lowest BCUT2D eigenvalue weighted by Gasteiger charge is -2.42. The molecule has 1 saturated heterocycles. The predicted molar refractivity (Wildman–Crippen MR) is 356 cm³/mol. The molecule has 0 aliphatic carbocycles. The van der Waals surface area contributed by atoms with Gasteiger partial charge in [0.05, 0.1) is 6.54 Å². The van der Waals surface area contributed by atoms with Gasteiger partial charge in [-0.25, -0.2) is 0 Å². The highest BCUT2D eigenvalue weighted by Crippen LogP contribution is 2.29. The third-order valence-electron chi connectivity index (χ3n) is 18.1. The van der Waals surface area contributed by atoms with E-state index in [9.17, 15) is 33.6 Å². The highest BCUT2D eigenvalue weighted by atomic mass is 16.2. The smallest absolute Gasteiger partial charge is 0.246 e. The molecule has 0 bridgehead atoms. The predicted octanol–water partition coefficient (Wildman–Crippen LogP) is 5.91. The number of amides is 11. The van der Waals surface area contributed by atoms with Gasteiger partial charge in [0.15, 0.2) is 0 Å². The summed E-state index contributed by atoms with van der Waals surface area (Å²) in [6, 6.07) is -3.23. The number of carbonyl (C=O) groups is 11. The van der Waals surface area contributed by atoms with Crippen LogP contribution >= 0.6 is 0 Å². The number of nitrogens with one attached hydrogen (secondary N) is 4. The Hall–Kier alpha value is -6.61. The van der Waals surface area contributed by atoms with Crippen LogP contribution in [0.5, 0.6) is 0 Å². The Balaban J connectivity index is 2.97. The Morgan fingerprint density at radius 1 is 0.440 bits per heavy atom. The summed E-state index contributed by atoms with van der Waals surface area (Å²) in [4.78, 5) is 171. The molecular weight excluding hydrogens is 1160 g/mol. The lowest BCUT2D eigenvalue weighted by molar-refractivity contribution is -0.156. The second-order valence-electron chi connectivity index (χ2n) is 28.5. The topological polar surface area (TPSA) is 259 Å². The minimum Gasteiger partial charge on any atom is -0.343 e. The summed E-state index contributed by atoms with van der Waals surface area (Å²) in [6.07, 6.45) is 3.06. The zero-order valence-electron chi connectivity index (χ0n) is 60.2. The van der Waals surface area contributed by atoms with Crippen LogP contribution in [-0.2, 0) is 59.2 Å². The highest BCUT2D eigenvalue weighted by Gasteiger charge is 2.45. The van der Waals surface area contributed by atoms with E-state index in [1.165, 1.54) is 103 Å². The van der Waals surface area contributed by atoms with E-state index in [4.69, 9.17) is 0 Å². The maximum atomic E-state index is 15.5. The molecule has 1 heterocycles. The molecule has 1 aromatic rings. The Morgan fingerprint density at radius 3 is 1.34 bits per heavy atom. The van der Waals surface area contributed by atoms with Crippen LogP contribution < -0.4 is 21.3 Å². The van der Waals surface area contributed by atoms with Crippen LogP contribution in [0.1, 0.15) is 174 Å². The molecule has 0 spiro atoms. The van der Waals surface area contributed by atoms with Gasteiger partial charge in [0.25, 0.3) is 0 Å². The number of rotatable bonds is 17. The molecule has 1 aromatic carbocycles. The zero-order valence-corrected chi connectivity index (χ0v) is 60.2. The summed E-state index contributed by atoms with van der Waals surface area (Å²) < 4.78 is 0. The van der Waals surface area contributed by atoms with Gasteiger partial charge in [-0.15, -0.1) is 0 Å². The summed E-state index contributed by atoms with van der Waals surface area (Å²) in [5.41, 5.74) is 2.31. The molecule has 1 aliphatic heterocycles. The molecule has 12 atom stereocenters. The second kappa shape index (κ2) is 36.6. The first-order chi connectivity index (χ1) is 42.1. The normalized spacial score (nSPS) is 25.8. The van der Waals surface area contributed by atoms with Crippen LogP contribution in [0.2, 0.25) is 0 Å². The lowest BCUT2D eigenvalue weighted by atomic mass is 9.83. The van der Waals surface area contributed by atoms with Crippen molar-refractivity contribution >= 4 is 65.0 Å². The van der Waals surface area contributed by atoms with E-state index in [0.717, 1.165) is 18.4 Å². The van der Waals surface area contributed by atoms with Gasteiger partial charge in [-0.05, 0) is 119 Å². The fourth-order valence-corrected chi connectivity index (χ4v) is 12.0. The molecule has 91 heavy (non-hydrogen) atoms. The molecule has 0 aromatic heterocycles. The largest absolute Gasteiger partial charge is 0.343 e. The van der Waals surface area contributed by atoms with Gasteiger partial charge in [0.2, 0.25) is 65.0 Å². The van der Waals surface area contributed by atoms with E-state index in [2.05, 4.69) is 45.5 Å². The molecule has 0 radical (unpaired) electrons. The van der Waals surface area contributed by atoms with Crippen molar-refractivity contribution in [3.63, 3.8) is 0 Å². The summed E-state index contributed by atoms with van der Waals surface area (Å²) in [5, 5.41) is 11.3. The van der Waals surface area contributed by atoms with E-state index >= 15 is 19.2 Å². The van der Waals surface area contributed by atoms with Gasteiger partial charge >= 0.3 is 0 Å². The van der Waals surface area contributed by atoms with Gasteiger partial charge in [-0.2, -0.15) is 0 Å². The summed E-state index contributed by atoms with van der Waals surface area (Å²) >= 11 is 0. The van der Waals surface area contributed by atoms with E-state index < -0.39 is 150 Å². The van der Waals surface area contributed by atoms with Crippen molar-refractivity contribution in [3.05, 3.63) is 35.4 Å². The summed E-state index contributed by atoms with van der Waals surface area (Å²) in [7, 11) is 10.4. The van der Waals surface area contributed by atoms with Gasteiger partial charge < -0.3 is 55.6 Å². The molecule has 22 heteroatoms. The zero-order chi connectivity index (χ0) is 70.0. The number of hydrogen-bond donors (Lipinski definition) is 4. The SMILES string of the molecule is CC[C@@H]1NC(=O)[C@H]([C@H](C)[C@H](C)CCCc2ccc(C)cc2)N(C)C(=O)[C@H](C(C)C)N(C)C(=O)[C@H](CC(C)C)N(C)C(=O)[C@H](CC(C)C)N(C)C(=O)[C@@H](C)NC(=O)[C@H](C)NC(=O)[C@H](CC(C)C)N(C)C(=O)[C@H](C(C)C)NC(=O)[C@H](CC(C)C)N(C)C(=O)CN(C)C1=O. The first-order valence-electron chi connectivity index (χ1n) is 33.2. The van der Waals surface area contributed by atoms with Crippen molar-refractivity contribution in [1.82, 2.24) is 55.6 Å². The molecule has 2 rings (SSSR count). The van der Waals surface area contributed by atoms with Gasteiger partial charge in [-0.3, -0.25) is 52.7 Å². The van der Waals surface area contributed by atoms with Crippen molar-refractivity contribution in [2.75, 3.05) is 55.9 Å². The van der Waals surface area contributed by atoms with Crippen molar-refractivity contribution in [1.29, 1.82) is 0 Å². The number of likely N-dealkylation sites (N-methyl/N-ethyl adjacent to an activating group) is 7. The van der Waals surface area contributed by atoms with E-state index in [1.807, 2.05) is 76.2 Å². The second-order valence-corrected chi connectivity index (χ2v) is 28.5. The molecule has 22 nitrogen and oxygen atoms in total. The van der Waals surface area contributed by atoms with Crippen LogP contribution in [-0.4, -0.2) is 216 Å². The Kier molecular flexibility index (Phi) is 32.4. The fraction of sp³-hybridized carbons (Fsp3) is 0.754. The minimum absolute atomic E-state index is 0.102. The number of nitrogens with zero attached hydrogens (tertiary/aromatic N) is 7. The maximum Gasteiger partial charge on any atom is 0.246 e. The summed E-state index contributed by atoms with van der Waals surface area (Å²) in [5.74, 6) is -8.85. The Labute approximate surface area is 546 Å². The lowest BCUT2D eigenvalue weighted by Crippen LogP contribution is -2.62. The van der Waals surface area contributed by atoms with E-state index in [-0.39, 0.29) is 61.7 Å². The molecule has 0 unspecified atom stereocenters. The van der Waals surface area contributed by atoms with Crippen molar-refractivity contribution < 1.29 is 52.7 Å². The summed E-state index contributed by atoms with van der Waals surface area (Å²) in [6.45, 7) is 32.3. The third-order valence-corrected chi connectivity index (χ3v) is 18.1. The quantitative estimate of drug-likeness (QED) is 0.143. The van der Waals surface area contributed by atoms with Crippen molar-refractivity contribution in [2.24, 2.45) is 47.3 Å². The fourth-order valence-electron chi connectivity index (χ4n) is 12.0. The number of benzene rings is 1. The Morgan fingerprint density at radius 2 is 0.868 bits per heavy atom. The number of carbonyl (C=O) groups excluding carboxylic acids is 11. The van der Waals surface area contributed by atoms with Gasteiger partial charge in [0.1, 0.15) is 60.4 Å². The number of hydrogen-bond acceptors (Lipinski definition) is 11. The van der Waals surface area contributed by atoms with Crippen LogP contribution in [0.25, 0.3) is 0 Å². The van der Waals surface area contributed by atoms with Crippen molar-refractivity contribution in [2.45, 2.75) is 236 Å². The molecule has 11 amide bonds. The average molecular weight is 1280 g/mol. The molecular formula is C69H119N11O11. The van der Waals surface area contributed by atoms with Gasteiger partial charge in [-0.1, -0.05) is 140 Å². The van der Waals surface area contributed by atoms with Crippen LogP contribution in [0.3, 0.4) is 0 Å². The van der Waals surface area contributed by atoms with Crippen molar-refractivity contribution in [3.8, 4) is 0 Å². The number of aryl methyl sites for hydroxylation is 2. The molecule has 516 valence electrons. The highest BCUT2D eigenvalue weighted by molar-refractivity contribution is 5.99. The first-order valence-corrected chi connectivity index (χ1v) is 33.2.